The number of piperidine rings is 1. The molecular weight excluding hydrogens is 390 g/mol. The van der Waals surface area contributed by atoms with Crippen molar-refractivity contribution in [3.05, 3.63) is 27.9 Å². The van der Waals surface area contributed by atoms with E-state index in [0.717, 1.165) is 6.42 Å². The fourth-order valence-corrected chi connectivity index (χ4v) is 5.12. The Balaban J connectivity index is 1.65. The molecule has 7 heteroatoms. The fourth-order valence-electron chi connectivity index (χ4n) is 4.98. The fraction of sp³-hybridized carbons (Fsp3) is 0.773. The molecule has 1 aromatic heterocycles. The molecule has 1 aromatic rings. The molecule has 1 saturated carbocycles. The van der Waals surface area contributed by atoms with Crippen LogP contribution in [-0.2, 0) is 11.3 Å². The normalized spacial score (nSPS) is 26.3. The summed E-state index contributed by atoms with van der Waals surface area (Å²) in [5.41, 5.74) is -1.94. The van der Waals surface area contributed by atoms with Crippen molar-refractivity contribution in [1.82, 2.24) is 14.5 Å². The first-order valence-electron chi connectivity index (χ1n) is 10.8. The number of nitrogens with zero attached hydrogens (tertiary/aromatic N) is 3. The van der Waals surface area contributed by atoms with Crippen LogP contribution < -0.4 is 5.56 Å². The molecule has 1 unspecified atom stereocenters. The topological polar surface area (TPSA) is 75.4 Å². The summed E-state index contributed by atoms with van der Waals surface area (Å²) in [6.45, 7) is 7.10. The van der Waals surface area contributed by atoms with Gasteiger partial charge in [-0.3, -0.25) is 14.2 Å². The van der Waals surface area contributed by atoms with E-state index in [4.69, 9.17) is 11.6 Å². The third-order valence-electron chi connectivity index (χ3n) is 7.06. The number of likely N-dealkylation sites (tertiary alicyclic amines) is 1. The maximum Gasteiger partial charge on any atom is 0.254 e. The van der Waals surface area contributed by atoms with Crippen LogP contribution in [0.15, 0.2) is 17.2 Å². The number of aromatic nitrogens is 2. The van der Waals surface area contributed by atoms with Crippen molar-refractivity contribution in [2.75, 3.05) is 13.1 Å². The van der Waals surface area contributed by atoms with Gasteiger partial charge in [0.25, 0.3) is 5.56 Å². The molecule has 0 spiro atoms. The molecule has 1 aliphatic carbocycles. The third kappa shape index (κ3) is 5.02. The zero-order chi connectivity index (χ0) is 21.2. The maximum absolute atomic E-state index is 13.1. The van der Waals surface area contributed by atoms with E-state index in [1.165, 1.54) is 49.1 Å². The predicted octanol–water partition coefficient (Wildman–Crippen LogP) is 3.49. The van der Waals surface area contributed by atoms with Crippen LogP contribution in [0, 0.1) is 17.3 Å². The Morgan fingerprint density at radius 1 is 1.34 bits per heavy atom. The van der Waals surface area contributed by atoms with E-state index >= 15 is 0 Å². The van der Waals surface area contributed by atoms with Gasteiger partial charge in [-0.25, -0.2) is 4.98 Å². The second-order valence-corrected chi connectivity index (χ2v) is 10.1. The molecule has 2 aliphatic rings. The summed E-state index contributed by atoms with van der Waals surface area (Å²) in [7, 11) is 0. The number of carbonyl (C=O) groups is 1. The Morgan fingerprint density at radius 2 is 2.03 bits per heavy atom. The number of rotatable bonds is 5. The van der Waals surface area contributed by atoms with Crippen molar-refractivity contribution in [3.63, 3.8) is 0 Å². The van der Waals surface area contributed by atoms with Crippen LogP contribution in [0.2, 0.25) is 5.15 Å². The molecule has 2 atom stereocenters. The van der Waals surface area contributed by atoms with Gasteiger partial charge in [0, 0.05) is 30.5 Å². The molecular formula is C22H34ClN3O3. The summed E-state index contributed by atoms with van der Waals surface area (Å²) < 4.78 is 1.40. The van der Waals surface area contributed by atoms with Gasteiger partial charge >= 0.3 is 0 Å². The lowest BCUT2D eigenvalue weighted by Crippen LogP contribution is -2.61. The van der Waals surface area contributed by atoms with E-state index in [2.05, 4.69) is 4.98 Å². The van der Waals surface area contributed by atoms with E-state index < -0.39 is 11.0 Å². The summed E-state index contributed by atoms with van der Waals surface area (Å²) in [5.74, 6) is 0.876. The van der Waals surface area contributed by atoms with Gasteiger partial charge in [-0.05, 0) is 18.8 Å². The molecule has 2 heterocycles. The van der Waals surface area contributed by atoms with Crippen molar-refractivity contribution in [2.45, 2.75) is 77.9 Å². The summed E-state index contributed by atoms with van der Waals surface area (Å²) >= 11 is 5.77. The smallest absolute Gasteiger partial charge is 0.254 e. The number of amides is 1. The average Bonchev–Trinajstić information content (AvgIpc) is 2.66. The zero-order valence-electron chi connectivity index (χ0n) is 17.9. The average molecular weight is 424 g/mol. The molecule has 1 N–H and O–H groups in total. The van der Waals surface area contributed by atoms with E-state index in [1.807, 2.05) is 25.7 Å². The predicted molar refractivity (Wildman–Crippen MR) is 114 cm³/mol. The molecule has 1 saturated heterocycles. The zero-order valence-corrected chi connectivity index (χ0v) is 18.6. The molecule has 29 heavy (non-hydrogen) atoms. The Morgan fingerprint density at radius 3 is 2.66 bits per heavy atom. The minimum Gasteiger partial charge on any atom is -0.387 e. The molecule has 2 fully saturated rings. The highest BCUT2D eigenvalue weighted by molar-refractivity contribution is 6.29. The van der Waals surface area contributed by atoms with Crippen LogP contribution in [-0.4, -0.2) is 44.2 Å². The van der Waals surface area contributed by atoms with Crippen molar-refractivity contribution in [2.24, 2.45) is 17.3 Å². The number of carbonyl (C=O) groups excluding carboxylic acids is 1. The van der Waals surface area contributed by atoms with Crippen LogP contribution in [0.4, 0.5) is 0 Å². The van der Waals surface area contributed by atoms with E-state index in [1.54, 1.807) is 0 Å². The van der Waals surface area contributed by atoms with Gasteiger partial charge in [-0.2, -0.15) is 0 Å². The lowest BCUT2D eigenvalue weighted by atomic mass is 9.69. The Bertz CT molecular complexity index is 788. The number of halogens is 1. The largest absolute Gasteiger partial charge is 0.387 e. The molecule has 0 aromatic carbocycles. The first kappa shape index (κ1) is 22.3. The van der Waals surface area contributed by atoms with Crippen molar-refractivity contribution < 1.29 is 9.90 Å². The van der Waals surface area contributed by atoms with Crippen LogP contribution in [0.1, 0.15) is 65.7 Å². The quantitative estimate of drug-likeness (QED) is 0.735. The first-order valence-corrected chi connectivity index (χ1v) is 11.2. The molecule has 1 amide bonds. The molecule has 162 valence electrons. The van der Waals surface area contributed by atoms with Crippen LogP contribution in [0.3, 0.4) is 0 Å². The number of aliphatic hydroxyl groups is 1. The first-order chi connectivity index (χ1) is 13.6. The van der Waals surface area contributed by atoms with Crippen LogP contribution in [0.25, 0.3) is 0 Å². The van der Waals surface area contributed by atoms with Gasteiger partial charge in [0.05, 0.1) is 18.5 Å². The minimum atomic E-state index is -1.10. The highest BCUT2D eigenvalue weighted by Crippen LogP contribution is 2.40. The Kier molecular flexibility index (Phi) is 6.74. The summed E-state index contributed by atoms with van der Waals surface area (Å²) in [6, 6.07) is 1.25. The Hall–Kier alpha value is -1.40. The van der Waals surface area contributed by atoms with E-state index in [-0.39, 0.29) is 29.1 Å². The van der Waals surface area contributed by atoms with Crippen molar-refractivity contribution in [1.29, 1.82) is 0 Å². The van der Waals surface area contributed by atoms with Gasteiger partial charge in [0.1, 0.15) is 5.15 Å². The monoisotopic (exact) mass is 423 g/mol. The molecule has 0 radical (unpaired) electrons. The number of hydrogen-bond acceptors (Lipinski definition) is 4. The van der Waals surface area contributed by atoms with Gasteiger partial charge in [-0.15, -0.1) is 0 Å². The minimum absolute atomic E-state index is 0.0168. The summed E-state index contributed by atoms with van der Waals surface area (Å²) in [4.78, 5) is 31.1. The lowest BCUT2D eigenvalue weighted by molar-refractivity contribution is -0.157. The Labute approximate surface area is 178 Å². The highest BCUT2D eigenvalue weighted by atomic mass is 35.5. The SMILES string of the molecule is C[C@H](CC1CCCCC1)C(=O)N1CCC(O)(Cn2cnc(Cl)cc2=O)C(C)(C)C1. The van der Waals surface area contributed by atoms with Gasteiger partial charge < -0.3 is 10.0 Å². The van der Waals surface area contributed by atoms with E-state index in [0.29, 0.717) is 25.4 Å². The standard InChI is InChI=1S/C22H34ClN3O3/c1-16(11-17-7-5-4-6-8-17)20(28)25-10-9-22(29,21(2,3)13-25)14-26-15-24-18(23)12-19(26)27/h12,15-17,29H,4-11,13-14H2,1-3H3/t16-,22?/m1/s1. The van der Waals surface area contributed by atoms with Crippen molar-refractivity contribution >= 4 is 17.5 Å². The van der Waals surface area contributed by atoms with Gasteiger partial charge in [0.15, 0.2) is 0 Å². The second-order valence-electron chi connectivity index (χ2n) is 9.74. The van der Waals surface area contributed by atoms with Gasteiger partial charge in [-0.1, -0.05) is 64.5 Å². The van der Waals surface area contributed by atoms with Gasteiger partial charge in [0.2, 0.25) is 5.91 Å². The molecule has 3 rings (SSSR count). The second kappa shape index (κ2) is 8.76. The lowest BCUT2D eigenvalue weighted by Gasteiger charge is -2.50. The highest BCUT2D eigenvalue weighted by Gasteiger charge is 2.49. The number of hydrogen-bond donors (Lipinski definition) is 1. The summed E-state index contributed by atoms with van der Waals surface area (Å²) in [5, 5.41) is 11.5. The molecule has 6 nitrogen and oxygen atoms in total. The third-order valence-corrected chi connectivity index (χ3v) is 7.27. The van der Waals surface area contributed by atoms with E-state index in [9.17, 15) is 14.7 Å². The maximum atomic E-state index is 13.1. The van der Waals surface area contributed by atoms with Crippen LogP contribution in [0.5, 0.6) is 0 Å². The summed E-state index contributed by atoms with van der Waals surface area (Å²) in [6.07, 6.45) is 9.15. The molecule has 1 aliphatic heterocycles. The van der Waals surface area contributed by atoms with Crippen molar-refractivity contribution in [3.8, 4) is 0 Å². The van der Waals surface area contributed by atoms with Crippen LogP contribution >= 0.6 is 11.6 Å². The molecule has 0 bridgehead atoms.